The molecular weight excluding hydrogens is 252 g/mol. The standard InChI is InChI=1S/C15H22N4O/c1-3-14(20-4-2)15(18-16)13-10-11-17-19(13)12-8-6-5-7-9-12/h5-11,14-15,18H,3-4,16H2,1-2H3. The van der Waals surface area contributed by atoms with E-state index in [2.05, 4.69) is 17.4 Å². The van der Waals surface area contributed by atoms with E-state index in [-0.39, 0.29) is 12.1 Å². The van der Waals surface area contributed by atoms with Crippen LogP contribution in [0.15, 0.2) is 42.6 Å². The molecule has 0 aliphatic carbocycles. The summed E-state index contributed by atoms with van der Waals surface area (Å²) in [6.45, 7) is 4.74. The Balaban J connectivity index is 2.34. The second-order valence-electron chi connectivity index (χ2n) is 4.55. The van der Waals surface area contributed by atoms with Gasteiger partial charge >= 0.3 is 0 Å². The summed E-state index contributed by atoms with van der Waals surface area (Å²) in [5.74, 6) is 5.75. The van der Waals surface area contributed by atoms with Crippen LogP contribution in [0.2, 0.25) is 0 Å². The van der Waals surface area contributed by atoms with Gasteiger partial charge in [0.2, 0.25) is 0 Å². The number of nitrogens with one attached hydrogen (secondary N) is 1. The van der Waals surface area contributed by atoms with Gasteiger partial charge in [-0.1, -0.05) is 25.1 Å². The zero-order valence-corrected chi connectivity index (χ0v) is 12.0. The normalized spacial score (nSPS) is 14.2. The predicted octanol–water partition coefficient (Wildman–Crippen LogP) is 2.19. The smallest absolute Gasteiger partial charge is 0.0894 e. The van der Waals surface area contributed by atoms with Gasteiger partial charge in [0.1, 0.15) is 0 Å². The van der Waals surface area contributed by atoms with Crippen LogP contribution >= 0.6 is 0 Å². The summed E-state index contributed by atoms with van der Waals surface area (Å²) in [7, 11) is 0. The number of hydrogen-bond acceptors (Lipinski definition) is 4. The Hall–Kier alpha value is -1.69. The first-order chi connectivity index (χ1) is 9.81. The quantitative estimate of drug-likeness (QED) is 0.600. The highest BCUT2D eigenvalue weighted by atomic mass is 16.5. The van der Waals surface area contributed by atoms with Crippen molar-refractivity contribution >= 4 is 0 Å². The molecule has 2 aromatic rings. The molecule has 1 aromatic carbocycles. The molecule has 0 aliphatic heterocycles. The van der Waals surface area contributed by atoms with Crippen LogP contribution in [0, 0.1) is 0 Å². The summed E-state index contributed by atoms with van der Waals surface area (Å²) in [4.78, 5) is 0. The van der Waals surface area contributed by atoms with Gasteiger partial charge in [0.25, 0.3) is 0 Å². The highest BCUT2D eigenvalue weighted by Crippen LogP contribution is 2.23. The monoisotopic (exact) mass is 274 g/mol. The molecule has 0 bridgehead atoms. The van der Waals surface area contributed by atoms with Crippen molar-refractivity contribution in [3.8, 4) is 5.69 Å². The topological polar surface area (TPSA) is 65.1 Å². The second kappa shape index (κ2) is 7.19. The van der Waals surface area contributed by atoms with Crippen molar-refractivity contribution in [1.29, 1.82) is 0 Å². The zero-order valence-electron chi connectivity index (χ0n) is 12.0. The highest BCUT2D eigenvalue weighted by molar-refractivity contribution is 5.33. The lowest BCUT2D eigenvalue weighted by Crippen LogP contribution is -2.39. The van der Waals surface area contributed by atoms with Crippen molar-refractivity contribution in [3.63, 3.8) is 0 Å². The number of nitrogens with two attached hydrogens (primary N) is 1. The van der Waals surface area contributed by atoms with E-state index in [9.17, 15) is 0 Å². The van der Waals surface area contributed by atoms with Gasteiger partial charge in [0.05, 0.1) is 23.5 Å². The fourth-order valence-electron chi connectivity index (χ4n) is 2.38. The van der Waals surface area contributed by atoms with E-state index in [4.69, 9.17) is 10.6 Å². The van der Waals surface area contributed by atoms with Gasteiger partial charge in [-0.15, -0.1) is 0 Å². The minimum Gasteiger partial charge on any atom is -0.376 e. The van der Waals surface area contributed by atoms with Gasteiger partial charge in [0.15, 0.2) is 0 Å². The molecule has 0 aliphatic rings. The molecule has 2 rings (SSSR count). The molecule has 0 saturated heterocycles. The van der Waals surface area contributed by atoms with Crippen molar-refractivity contribution in [1.82, 2.24) is 15.2 Å². The number of ether oxygens (including phenoxy) is 1. The summed E-state index contributed by atoms with van der Waals surface area (Å²) in [5.41, 5.74) is 4.88. The van der Waals surface area contributed by atoms with Gasteiger partial charge in [-0.05, 0) is 31.5 Å². The average molecular weight is 274 g/mol. The Morgan fingerprint density at radius 3 is 2.60 bits per heavy atom. The largest absolute Gasteiger partial charge is 0.376 e. The van der Waals surface area contributed by atoms with Gasteiger partial charge in [-0.25, -0.2) is 10.1 Å². The van der Waals surface area contributed by atoms with Gasteiger partial charge in [-0.2, -0.15) is 5.10 Å². The molecule has 0 radical (unpaired) electrons. The molecule has 0 spiro atoms. The van der Waals surface area contributed by atoms with Crippen LogP contribution in [0.25, 0.3) is 5.69 Å². The molecule has 0 fully saturated rings. The number of rotatable bonds is 7. The predicted molar refractivity (Wildman–Crippen MR) is 79.3 cm³/mol. The first kappa shape index (κ1) is 14.7. The summed E-state index contributed by atoms with van der Waals surface area (Å²) in [5, 5.41) is 4.40. The molecule has 2 atom stereocenters. The minimum atomic E-state index is -0.0948. The Bertz CT molecular complexity index is 512. The molecule has 3 N–H and O–H groups in total. The molecule has 5 nitrogen and oxygen atoms in total. The molecule has 1 heterocycles. The fraction of sp³-hybridized carbons (Fsp3) is 0.400. The number of hydrazine groups is 1. The zero-order chi connectivity index (χ0) is 14.4. The van der Waals surface area contributed by atoms with Crippen molar-refractivity contribution in [2.45, 2.75) is 32.4 Å². The maximum atomic E-state index is 5.78. The number of hydrogen-bond donors (Lipinski definition) is 2. The highest BCUT2D eigenvalue weighted by Gasteiger charge is 2.24. The van der Waals surface area contributed by atoms with Crippen molar-refractivity contribution in [3.05, 3.63) is 48.3 Å². The molecule has 1 aromatic heterocycles. The molecule has 20 heavy (non-hydrogen) atoms. The third-order valence-corrected chi connectivity index (χ3v) is 3.33. The summed E-state index contributed by atoms with van der Waals surface area (Å²) in [6.07, 6.45) is 2.68. The van der Waals surface area contributed by atoms with Gasteiger partial charge in [-0.3, -0.25) is 5.84 Å². The first-order valence-corrected chi connectivity index (χ1v) is 6.98. The van der Waals surface area contributed by atoms with Crippen LogP contribution in [0.1, 0.15) is 32.0 Å². The van der Waals surface area contributed by atoms with E-state index in [0.29, 0.717) is 6.61 Å². The first-order valence-electron chi connectivity index (χ1n) is 6.98. The maximum Gasteiger partial charge on any atom is 0.0894 e. The fourth-order valence-corrected chi connectivity index (χ4v) is 2.38. The van der Waals surface area contributed by atoms with E-state index >= 15 is 0 Å². The third kappa shape index (κ3) is 3.07. The number of benzene rings is 1. The molecule has 0 saturated carbocycles. The van der Waals surface area contributed by atoms with Crippen molar-refractivity contribution in [2.75, 3.05) is 6.61 Å². The maximum absolute atomic E-state index is 5.78. The minimum absolute atomic E-state index is 0.0177. The van der Waals surface area contributed by atoms with Gasteiger partial charge < -0.3 is 4.74 Å². The Morgan fingerprint density at radius 1 is 1.25 bits per heavy atom. The lowest BCUT2D eigenvalue weighted by atomic mass is 10.1. The average Bonchev–Trinajstić information content (AvgIpc) is 2.97. The van der Waals surface area contributed by atoms with Crippen molar-refractivity contribution < 1.29 is 4.74 Å². The molecule has 5 heteroatoms. The van der Waals surface area contributed by atoms with Crippen LogP contribution in [-0.2, 0) is 4.74 Å². The molecule has 108 valence electrons. The summed E-state index contributed by atoms with van der Waals surface area (Å²) >= 11 is 0. The SMILES string of the molecule is CCOC(CC)C(NN)c1ccnn1-c1ccccc1. The Labute approximate surface area is 119 Å². The lowest BCUT2D eigenvalue weighted by Gasteiger charge is -2.26. The molecule has 2 unspecified atom stereocenters. The lowest BCUT2D eigenvalue weighted by molar-refractivity contribution is 0.0297. The van der Waals surface area contributed by atoms with Crippen LogP contribution in [-0.4, -0.2) is 22.5 Å². The van der Waals surface area contributed by atoms with E-state index in [1.165, 1.54) is 0 Å². The van der Waals surface area contributed by atoms with Gasteiger partial charge in [0, 0.05) is 12.8 Å². The number of para-hydroxylation sites is 1. The Kier molecular flexibility index (Phi) is 5.29. The van der Waals surface area contributed by atoms with E-state index in [1.807, 2.05) is 48.0 Å². The van der Waals surface area contributed by atoms with E-state index < -0.39 is 0 Å². The van der Waals surface area contributed by atoms with E-state index in [1.54, 1.807) is 6.20 Å². The molecular formula is C15H22N4O. The number of nitrogens with zero attached hydrogens (tertiary/aromatic N) is 2. The molecule has 0 amide bonds. The number of aromatic nitrogens is 2. The van der Waals surface area contributed by atoms with Crippen LogP contribution < -0.4 is 11.3 Å². The third-order valence-electron chi connectivity index (χ3n) is 3.33. The summed E-state index contributed by atoms with van der Waals surface area (Å²) < 4.78 is 7.67. The van der Waals surface area contributed by atoms with Crippen LogP contribution in [0.3, 0.4) is 0 Å². The van der Waals surface area contributed by atoms with Crippen LogP contribution in [0.5, 0.6) is 0 Å². The van der Waals surface area contributed by atoms with Crippen molar-refractivity contribution in [2.24, 2.45) is 5.84 Å². The Morgan fingerprint density at radius 2 is 2.00 bits per heavy atom. The van der Waals surface area contributed by atoms with Crippen LogP contribution in [0.4, 0.5) is 0 Å². The summed E-state index contributed by atoms with van der Waals surface area (Å²) in [6, 6.07) is 11.9. The van der Waals surface area contributed by atoms with E-state index in [0.717, 1.165) is 17.8 Å². The second-order valence-corrected chi connectivity index (χ2v) is 4.55.